The number of rotatable bonds is 0. The summed E-state index contributed by atoms with van der Waals surface area (Å²) in [7, 11) is 0. The molecule has 0 amide bonds. The molecule has 0 radical (unpaired) electrons. The Hall–Kier alpha value is -0.470. The van der Waals surface area contributed by atoms with Gasteiger partial charge in [0.2, 0.25) is 0 Å². The molecule has 4 heteroatoms. The highest BCUT2D eigenvalue weighted by Crippen LogP contribution is 2.31. The van der Waals surface area contributed by atoms with Crippen molar-refractivity contribution in [2.24, 2.45) is 0 Å². The first-order valence-corrected chi connectivity index (χ1v) is 3.69. The molecule has 1 rings (SSSR count). The Bertz CT molecular complexity index is 273. The first-order chi connectivity index (χ1) is 5.04. The van der Waals surface area contributed by atoms with E-state index in [9.17, 15) is 4.39 Å². The van der Waals surface area contributed by atoms with E-state index in [1.165, 1.54) is 0 Å². The number of hydrogen-bond donors (Lipinski definition) is 1. The molecule has 0 aliphatic heterocycles. The maximum absolute atomic E-state index is 12.7. The van der Waals surface area contributed by atoms with Crippen LogP contribution in [0.3, 0.4) is 0 Å². The molecule has 0 aliphatic carbocycles. The summed E-state index contributed by atoms with van der Waals surface area (Å²) in [5.41, 5.74) is 6.05. The topological polar surface area (TPSA) is 26.0 Å². The van der Waals surface area contributed by atoms with Crippen LogP contribution in [0.15, 0.2) is 6.07 Å². The second kappa shape index (κ2) is 2.88. The quantitative estimate of drug-likeness (QED) is 0.498. The summed E-state index contributed by atoms with van der Waals surface area (Å²) < 4.78 is 12.7. The molecule has 1 aromatic carbocycles. The van der Waals surface area contributed by atoms with Crippen molar-refractivity contribution >= 4 is 28.9 Å². The van der Waals surface area contributed by atoms with Crippen molar-refractivity contribution in [1.82, 2.24) is 0 Å². The van der Waals surface area contributed by atoms with Crippen LogP contribution in [0.25, 0.3) is 0 Å². The summed E-state index contributed by atoms with van der Waals surface area (Å²) >= 11 is 11.2. The maximum atomic E-state index is 12.7. The minimum Gasteiger partial charge on any atom is -0.397 e. The molecule has 1 aromatic rings. The van der Waals surface area contributed by atoms with E-state index in [0.29, 0.717) is 10.6 Å². The van der Waals surface area contributed by atoms with Crippen LogP contribution in [-0.2, 0) is 0 Å². The van der Waals surface area contributed by atoms with Crippen molar-refractivity contribution in [2.75, 3.05) is 5.73 Å². The van der Waals surface area contributed by atoms with Crippen LogP contribution in [0.2, 0.25) is 10.0 Å². The summed E-state index contributed by atoms with van der Waals surface area (Å²) in [4.78, 5) is 0. The highest BCUT2D eigenvalue weighted by atomic mass is 35.5. The first kappa shape index (κ1) is 8.62. The molecule has 0 aromatic heterocycles. The average molecular weight is 194 g/mol. The van der Waals surface area contributed by atoms with Gasteiger partial charge in [0.05, 0.1) is 15.7 Å². The molecule has 0 unspecified atom stereocenters. The van der Waals surface area contributed by atoms with E-state index in [1.807, 2.05) is 0 Å². The monoisotopic (exact) mass is 193 g/mol. The number of halogens is 3. The van der Waals surface area contributed by atoms with Crippen LogP contribution in [0.1, 0.15) is 5.56 Å². The lowest BCUT2D eigenvalue weighted by molar-refractivity contribution is 0.628. The van der Waals surface area contributed by atoms with Gasteiger partial charge in [0.1, 0.15) is 5.82 Å². The Kier molecular flexibility index (Phi) is 2.25. The Labute approximate surface area is 73.9 Å². The third-order valence-electron chi connectivity index (χ3n) is 1.40. The van der Waals surface area contributed by atoms with Crippen LogP contribution in [0.4, 0.5) is 10.1 Å². The van der Waals surface area contributed by atoms with E-state index < -0.39 is 5.82 Å². The standard InChI is InChI=1S/C7H6Cl2FN/c1-3-6(8)4(10)2-5(11)7(3)9/h2H,11H2,1H3. The third-order valence-corrected chi connectivity index (χ3v) is 2.37. The number of benzene rings is 1. The number of hydrogen-bond acceptors (Lipinski definition) is 1. The molecular weight excluding hydrogens is 188 g/mol. The van der Waals surface area contributed by atoms with Crippen LogP contribution >= 0.6 is 23.2 Å². The highest BCUT2D eigenvalue weighted by Gasteiger charge is 2.09. The summed E-state index contributed by atoms with van der Waals surface area (Å²) in [6.07, 6.45) is 0. The molecule has 0 heterocycles. The first-order valence-electron chi connectivity index (χ1n) is 2.93. The third kappa shape index (κ3) is 1.42. The molecule has 60 valence electrons. The van der Waals surface area contributed by atoms with E-state index >= 15 is 0 Å². The van der Waals surface area contributed by atoms with Gasteiger partial charge in [-0.05, 0) is 18.6 Å². The highest BCUT2D eigenvalue weighted by molar-refractivity contribution is 6.37. The van der Waals surface area contributed by atoms with E-state index in [1.54, 1.807) is 6.92 Å². The van der Waals surface area contributed by atoms with Crippen LogP contribution in [-0.4, -0.2) is 0 Å². The lowest BCUT2D eigenvalue weighted by Gasteiger charge is -2.04. The van der Waals surface area contributed by atoms with E-state index in [0.717, 1.165) is 6.07 Å². The molecule has 0 aliphatic rings. The fraction of sp³-hybridized carbons (Fsp3) is 0.143. The maximum Gasteiger partial charge on any atom is 0.144 e. The number of anilines is 1. The van der Waals surface area contributed by atoms with Gasteiger partial charge in [-0.1, -0.05) is 23.2 Å². The van der Waals surface area contributed by atoms with Gasteiger partial charge in [0.15, 0.2) is 0 Å². The molecule has 0 spiro atoms. The minimum absolute atomic E-state index is 0.0317. The van der Waals surface area contributed by atoms with Crippen molar-refractivity contribution in [2.45, 2.75) is 6.92 Å². The fourth-order valence-electron chi connectivity index (χ4n) is 0.755. The molecule has 0 bridgehead atoms. The van der Waals surface area contributed by atoms with Crippen molar-refractivity contribution in [3.05, 3.63) is 27.5 Å². The predicted octanol–water partition coefficient (Wildman–Crippen LogP) is 3.02. The van der Waals surface area contributed by atoms with Crippen molar-refractivity contribution in [1.29, 1.82) is 0 Å². The lowest BCUT2D eigenvalue weighted by atomic mass is 10.2. The zero-order valence-corrected chi connectivity index (χ0v) is 7.30. The summed E-state index contributed by atoms with van der Waals surface area (Å²) in [5, 5.41) is 0.348. The molecule has 11 heavy (non-hydrogen) atoms. The Morgan fingerprint density at radius 1 is 1.36 bits per heavy atom. The van der Waals surface area contributed by atoms with Gasteiger partial charge in [0.25, 0.3) is 0 Å². The normalized spacial score (nSPS) is 10.2. The molecule has 0 saturated carbocycles. The van der Waals surface area contributed by atoms with E-state index in [4.69, 9.17) is 28.9 Å². The molecule has 0 fully saturated rings. The summed E-state index contributed by atoms with van der Waals surface area (Å²) in [6, 6.07) is 1.11. The van der Waals surface area contributed by atoms with Gasteiger partial charge in [-0.2, -0.15) is 0 Å². The second-order valence-corrected chi connectivity index (χ2v) is 2.96. The Morgan fingerprint density at radius 2 is 1.91 bits per heavy atom. The van der Waals surface area contributed by atoms with Gasteiger partial charge in [-0.25, -0.2) is 4.39 Å². The van der Waals surface area contributed by atoms with Gasteiger partial charge >= 0.3 is 0 Å². The van der Waals surface area contributed by atoms with Crippen molar-refractivity contribution in [3.63, 3.8) is 0 Å². The molecule has 1 nitrogen and oxygen atoms in total. The molecule has 2 N–H and O–H groups in total. The fourth-order valence-corrected chi connectivity index (χ4v) is 1.10. The van der Waals surface area contributed by atoms with Crippen LogP contribution in [0, 0.1) is 12.7 Å². The van der Waals surface area contributed by atoms with E-state index in [-0.39, 0.29) is 10.7 Å². The molecular formula is C7H6Cl2FN. The van der Waals surface area contributed by atoms with Crippen LogP contribution in [0.5, 0.6) is 0 Å². The van der Waals surface area contributed by atoms with Crippen LogP contribution < -0.4 is 5.73 Å². The SMILES string of the molecule is Cc1c(Cl)c(N)cc(F)c1Cl. The average Bonchev–Trinajstić information content (AvgIpc) is 1.97. The zero-order chi connectivity index (χ0) is 8.59. The van der Waals surface area contributed by atoms with Gasteiger partial charge < -0.3 is 5.73 Å². The number of nitrogen functional groups attached to an aromatic ring is 1. The molecule has 0 saturated heterocycles. The van der Waals surface area contributed by atoms with Gasteiger partial charge in [-0.15, -0.1) is 0 Å². The largest absolute Gasteiger partial charge is 0.397 e. The second-order valence-electron chi connectivity index (χ2n) is 2.20. The van der Waals surface area contributed by atoms with Gasteiger partial charge in [-0.3, -0.25) is 0 Å². The minimum atomic E-state index is -0.536. The predicted molar refractivity (Wildman–Crippen MR) is 45.6 cm³/mol. The van der Waals surface area contributed by atoms with Crippen molar-refractivity contribution < 1.29 is 4.39 Å². The van der Waals surface area contributed by atoms with E-state index in [2.05, 4.69) is 0 Å². The molecule has 0 atom stereocenters. The zero-order valence-electron chi connectivity index (χ0n) is 5.79. The van der Waals surface area contributed by atoms with Crippen molar-refractivity contribution in [3.8, 4) is 0 Å². The lowest BCUT2D eigenvalue weighted by Crippen LogP contribution is -1.92. The van der Waals surface area contributed by atoms with Gasteiger partial charge in [0, 0.05) is 0 Å². The number of nitrogens with two attached hydrogens (primary N) is 1. The Balaban J connectivity index is 3.46. The smallest absolute Gasteiger partial charge is 0.144 e. The summed E-state index contributed by atoms with van der Waals surface area (Å²) in [5.74, 6) is -0.536. The Morgan fingerprint density at radius 3 is 2.45 bits per heavy atom. The summed E-state index contributed by atoms with van der Waals surface area (Å²) in [6.45, 7) is 1.62.